The van der Waals surface area contributed by atoms with Gasteiger partial charge in [0, 0.05) is 32.7 Å². The van der Waals surface area contributed by atoms with Crippen molar-refractivity contribution in [2.75, 3.05) is 11.5 Å². The highest BCUT2D eigenvalue weighted by Gasteiger charge is 2.54. The molecule has 2 atom stereocenters. The van der Waals surface area contributed by atoms with Gasteiger partial charge in [0.1, 0.15) is 28.9 Å². The molecule has 42 heavy (non-hydrogen) atoms. The van der Waals surface area contributed by atoms with Crippen LogP contribution in [-0.4, -0.2) is 66.7 Å². The minimum atomic E-state index is -1.21. The number of carbonyl (C=O) groups is 3. The molecule has 0 unspecified atom stereocenters. The van der Waals surface area contributed by atoms with Gasteiger partial charge in [-0.05, 0) is 37.8 Å². The number of carbonyl (C=O) groups excluding carboxylic acids is 2. The van der Waals surface area contributed by atoms with E-state index in [9.17, 15) is 19.5 Å². The lowest BCUT2D eigenvalue weighted by atomic mass is 10.0. The van der Waals surface area contributed by atoms with Gasteiger partial charge in [-0.15, -0.1) is 23.1 Å². The molecule has 2 amide bonds. The van der Waals surface area contributed by atoms with Gasteiger partial charge >= 0.3 is 5.97 Å². The van der Waals surface area contributed by atoms with Gasteiger partial charge in [0.2, 0.25) is 0 Å². The van der Waals surface area contributed by atoms with Crippen LogP contribution in [0.25, 0.3) is 11.3 Å². The zero-order valence-corrected chi connectivity index (χ0v) is 24.6. The number of carboxylic acids is 1. The number of aromatic nitrogens is 2. The first-order valence-corrected chi connectivity index (χ1v) is 16.0. The summed E-state index contributed by atoms with van der Waals surface area (Å²) in [5, 5.41) is 18.3. The van der Waals surface area contributed by atoms with E-state index in [0.717, 1.165) is 53.2 Å². The number of rotatable bonds is 9. The number of nitrogens with one attached hydrogen (secondary N) is 1. The standard InChI is InChI=1S/C28H26N6O5S3/c29-28-31-17(13-41-28)21(33-39-16-9-4-5-10-16)24(35)32-22-25(36)34-23(27(37)38)19(14-40-26(22)34)42-18-11-6-12-30-20(18)15-7-2-1-3-8-15/h1-3,6-8,11-13,16,22,26H,4-5,9-10,14H2,(H2,29,31)(H,32,35)(H,37,38)/t22-,26+/m1/s1. The maximum absolute atomic E-state index is 13.4. The molecule has 3 aromatic rings. The Hall–Kier alpha value is -3.88. The summed E-state index contributed by atoms with van der Waals surface area (Å²) in [4.78, 5) is 56.0. The van der Waals surface area contributed by atoms with Gasteiger partial charge in [0.25, 0.3) is 11.8 Å². The number of β-lactam (4-membered cyclic amide) rings is 1. The van der Waals surface area contributed by atoms with E-state index in [1.54, 1.807) is 17.6 Å². The molecule has 2 aliphatic heterocycles. The first-order valence-electron chi connectivity index (χ1n) is 13.3. The lowest BCUT2D eigenvalue weighted by molar-refractivity contribution is -0.150. The molecule has 1 saturated carbocycles. The molecule has 0 spiro atoms. The fourth-order valence-electron chi connectivity index (χ4n) is 5.02. The average molecular weight is 623 g/mol. The van der Waals surface area contributed by atoms with E-state index in [1.807, 2.05) is 36.4 Å². The number of anilines is 1. The zero-order valence-electron chi connectivity index (χ0n) is 22.1. The summed E-state index contributed by atoms with van der Waals surface area (Å²) in [5.74, 6) is -2.03. The van der Waals surface area contributed by atoms with Crippen molar-refractivity contribution in [3.05, 3.63) is 70.3 Å². The second kappa shape index (κ2) is 12.2. The van der Waals surface area contributed by atoms with E-state index < -0.39 is 29.2 Å². The van der Waals surface area contributed by atoms with Crippen LogP contribution in [0.3, 0.4) is 0 Å². The fourth-order valence-corrected chi connectivity index (χ4v) is 8.16. The topological polar surface area (TPSA) is 160 Å². The van der Waals surface area contributed by atoms with Crippen molar-refractivity contribution in [2.24, 2.45) is 5.16 Å². The predicted molar refractivity (Wildman–Crippen MR) is 162 cm³/mol. The molecule has 1 saturated heterocycles. The van der Waals surface area contributed by atoms with E-state index in [4.69, 9.17) is 10.6 Å². The number of nitrogen functional groups attached to an aromatic ring is 1. The highest BCUT2D eigenvalue weighted by Crippen LogP contribution is 2.46. The van der Waals surface area contributed by atoms with E-state index in [2.05, 4.69) is 20.4 Å². The number of amides is 2. The summed E-state index contributed by atoms with van der Waals surface area (Å²) in [6.45, 7) is 0. The number of fused-ring (bicyclic) bond motifs is 1. The van der Waals surface area contributed by atoms with E-state index in [0.29, 0.717) is 10.7 Å². The number of oxime groups is 1. The van der Waals surface area contributed by atoms with Gasteiger partial charge in [-0.1, -0.05) is 47.2 Å². The number of pyridine rings is 1. The Bertz CT molecular complexity index is 1590. The van der Waals surface area contributed by atoms with Gasteiger partial charge in [-0.2, -0.15) is 0 Å². The monoisotopic (exact) mass is 622 g/mol. The minimum Gasteiger partial charge on any atom is -0.477 e. The number of thiazole rings is 1. The molecule has 1 aromatic carbocycles. The number of aliphatic carboxylic acids is 1. The molecule has 1 aliphatic carbocycles. The molecule has 216 valence electrons. The van der Waals surface area contributed by atoms with Crippen LogP contribution in [0.4, 0.5) is 5.13 Å². The third kappa shape index (κ3) is 5.61. The van der Waals surface area contributed by atoms with Crippen LogP contribution >= 0.6 is 34.9 Å². The third-order valence-electron chi connectivity index (χ3n) is 7.05. The van der Waals surface area contributed by atoms with Crippen molar-refractivity contribution in [1.29, 1.82) is 0 Å². The maximum atomic E-state index is 13.4. The van der Waals surface area contributed by atoms with Crippen LogP contribution in [0.5, 0.6) is 0 Å². The number of hydrogen-bond acceptors (Lipinski definition) is 11. The molecule has 0 bridgehead atoms. The number of nitrogens with zero attached hydrogens (tertiary/aromatic N) is 4. The Morgan fingerprint density at radius 1 is 1.17 bits per heavy atom. The molecule has 11 nitrogen and oxygen atoms in total. The number of thioether (sulfide) groups is 2. The lowest BCUT2D eigenvalue weighted by Crippen LogP contribution is -2.71. The van der Waals surface area contributed by atoms with Crippen molar-refractivity contribution >= 4 is 63.5 Å². The highest BCUT2D eigenvalue weighted by atomic mass is 32.2. The van der Waals surface area contributed by atoms with Crippen LogP contribution in [0.15, 0.2) is 74.7 Å². The van der Waals surface area contributed by atoms with Crippen LogP contribution < -0.4 is 11.1 Å². The van der Waals surface area contributed by atoms with Crippen molar-refractivity contribution in [1.82, 2.24) is 20.2 Å². The zero-order chi connectivity index (χ0) is 29.2. The Balaban J connectivity index is 1.22. The SMILES string of the molecule is Nc1nc(C(=NOC2CCCC2)C(=O)N[C@@H]2C(=O)N3C(C(=O)O)=C(Sc4cccnc4-c4ccccc4)CS[C@@H]23)cs1. The highest BCUT2D eigenvalue weighted by molar-refractivity contribution is 8.06. The van der Waals surface area contributed by atoms with Crippen molar-refractivity contribution < 1.29 is 24.3 Å². The van der Waals surface area contributed by atoms with Crippen LogP contribution in [0.2, 0.25) is 0 Å². The molecular weight excluding hydrogens is 597 g/mol. The Labute approximate surface area is 253 Å². The second-order valence-electron chi connectivity index (χ2n) is 9.78. The molecule has 0 radical (unpaired) electrons. The van der Waals surface area contributed by atoms with Crippen molar-refractivity contribution in [3.63, 3.8) is 0 Å². The smallest absolute Gasteiger partial charge is 0.353 e. The van der Waals surface area contributed by atoms with Gasteiger partial charge < -0.3 is 21.0 Å². The summed E-state index contributed by atoms with van der Waals surface area (Å²) >= 11 is 3.83. The molecule has 3 aliphatic rings. The van der Waals surface area contributed by atoms with E-state index in [-0.39, 0.29) is 28.3 Å². The van der Waals surface area contributed by atoms with Crippen molar-refractivity contribution in [3.8, 4) is 11.3 Å². The lowest BCUT2D eigenvalue weighted by Gasteiger charge is -2.49. The number of carboxylic acid groups (broad SMARTS) is 1. The summed E-state index contributed by atoms with van der Waals surface area (Å²) in [6, 6.07) is 12.3. The summed E-state index contributed by atoms with van der Waals surface area (Å²) in [5.41, 5.74) is 7.50. The Morgan fingerprint density at radius 2 is 1.95 bits per heavy atom. The van der Waals surface area contributed by atoms with Gasteiger partial charge in [-0.25, -0.2) is 9.78 Å². The van der Waals surface area contributed by atoms with E-state index in [1.165, 1.54) is 28.4 Å². The molecule has 4 N–H and O–H groups in total. The van der Waals surface area contributed by atoms with Gasteiger partial charge in [0.15, 0.2) is 10.8 Å². The number of hydrogen-bond donors (Lipinski definition) is 3. The molecule has 14 heteroatoms. The molecular formula is C28H26N6O5S3. The predicted octanol–water partition coefficient (Wildman–Crippen LogP) is 3.94. The van der Waals surface area contributed by atoms with Gasteiger partial charge in [0.05, 0.1) is 5.69 Å². The van der Waals surface area contributed by atoms with Crippen LogP contribution in [-0.2, 0) is 19.2 Å². The van der Waals surface area contributed by atoms with Crippen molar-refractivity contribution in [2.45, 2.75) is 48.1 Å². The Kier molecular flexibility index (Phi) is 8.18. The van der Waals surface area contributed by atoms with Crippen LogP contribution in [0, 0.1) is 0 Å². The van der Waals surface area contributed by atoms with Gasteiger partial charge in [-0.3, -0.25) is 19.5 Å². The molecule has 6 rings (SSSR count). The minimum absolute atomic E-state index is 0.0721. The summed E-state index contributed by atoms with van der Waals surface area (Å²) in [6.07, 6.45) is 5.37. The van der Waals surface area contributed by atoms with Crippen LogP contribution in [0.1, 0.15) is 31.4 Å². The normalized spacial score (nSPS) is 20.7. The number of nitrogens with two attached hydrogens (primary N) is 1. The summed E-state index contributed by atoms with van der Waals surface area (Å²) < 4.78 is 0. The largest absolute Gasteiger partial charge is 0.477 e. The average Bonchev–Trinajstić information content (AvgIpc) is 3.68. The first-order chi connectivity index (χ1) is 20.4. The summed E-state index contributed by atoms with van der Waals surface area (Å²) in [7, 11) is 0. The molecule has 4 heterocycles. The van der Waals surface area contributed by atoms with E-state index >= 15 is 0 Å². The quantitative estimate of drug-likeness (QED) is 0.181. The second-order valence-corrected chi connectivity index (χ2v) is 12.9. The molecule has 2 fully saturated rings. The molecule has 2 aromatic heterocycles. The number of benzene rings is 1. The maximum Gasteiger partial charge on any atom is 0.353 e. The third-order valence-corrected chi connectivity index (χ3v) is 10.3. The fraction of sp³-hybridized carbons (Fsp3) is 0.286. The first kappa shape index (κ1) is 28.2. The Morgan fingerprint density at radius 3 is 2.67 bits per heavy atom.